The summed E-state index contributed by atoms with van der Waals surface area (Å²) < 4.78 is 5.12. The van der Waals surface area contributed by atoms with Gasteiger partial charge >= 0.3 is 0 Å². The number of nitrogens with zero attached hydrogens (tertiary/aromatic N) is 1. The molecule has 0 aliphatic rings. The number of thiazole rings is 1. The first-order valence-corrected chi connectivity index (χ1v) is 7.32. The molecule has 1 atom stereocenters. The zero-order valence-electron chi connectivity index (χ0n) is 11.6. The van der Waals surface area contributed by atoms with Gasteiger partial charge in [-0.1, -0.05) is 19.1 Å². The van der Waals surface area contributed by atoms with Crippen LogP contribution in [0.4, 0.5) is 5.69 Å². The summed E-state index contributed by atoms with van der Waals surface area (Å²) in [6.45, 7) is 5.90. The quantitative estimate of drug-likeness (QED) is 0.871. The molecule has 0 saturated carbocycles. The molecule has 0 fully saturated rings. The highest BCUT2D eigenvalue weighted by Gasteiger charge is 2.03. The lowest BCUT2D eigenvalue weighted by Gasteiger charge is -2.12. The fourth-order valence-electron chi connectivity index (χ4n) is 1.89. The Morgan fingerprint density at radius 2 is 2.05 bits per heavy atom. The number of aromatic nitrogens is 1. The maximum Gasteiger partial charge on any atom is 0.0901 e. The van der Waals surface area contributed by atoms with Crippen molar-refractivity contribution in [3.63, 3.8) is 0 Å². The fourth-order valence-corrected chi connectivity index (χ4v) is 2.51. The van der Waals surface area contributed by atoms with E-state index in [-0.39, 0.29) is 0 Å². The summed E-state index contributed by atoms with van der Waals surface area (Å²) in [7, 11) is 1.74. The van der Waals surface area contributed by atoms with Crippen molar-refractivity contribution in [3.05, 3.63) is 34.7 Å². The third-order valence-electron chi connectivity index (χ3n) is 2.91. The SMILES string of the molecule is COCC(C)CNc1ccc(-c2csc(C)n2)cc1. The van der Waals surface area contributed by atoms with Gasteiger partial charge in [-0.25, -0.2) is 4.98 Å². The Morgan fingerprint density at radius 3 is 2.63 bits per heavy atom. The summed E-state index contributed by atoms with van der Waals surface area (Å²) in [4.78, 5) is 4.49. The number of nitrogens with one attached hydrogen (secondary N) is 1. The first-order chi connectivity index (χ1) is 9.19. The summed E-state index contributed by atoms with van der Waals surface area (Å²) >= 11 is 1.68. The van der Waals surface area contributed by atoms with Crippen molar-refractivity contribution in [3.8, 4) is 11.3 Å². The molecule has 1 aromatic heterocycles. The second-order valence-corrected chi connectivity index (χ2v) is 5.83. The molecule has 0 saturated heterocycles. The monoisotopic (exact) mass is 276 g/mol. The summed E-state index contributed by atoms with van der Waals surface area (Å²) in [5, 5.41) is 6.61. The van der Waals surface area contributed by atoms with Gasteiger partial charge in [0.15, 0.2) is 0 Å². The molecule has 2 aromatic rings. The van der Waals surface area contributed by atoms with Gasteiger partial charge < -0.3 is 10.1 Å². The van der Waals surface area contributed by atoms with Crippen LogP contribution in [0.5, 0.6) is 0 Å². The van der Waals surface area contributed by atoms with Gasteiger partial charge in [0.1, 0.15) is 0 Å². The molecule has 0 radical (unpaired) electrons. The van der Waals surface area contributed by atoms with Crippen molar-refractivity contribution >= 4 is 17.0 Å². The van der Waals surface area contributed by atoms with Crippen molar-refractivity contribution in [2.45, 2.75) is 13.8 Å². The zero-order valence-corrected chi connectivity index (χ0v) is 12.5. The van der Waals surface area contributed by atoms with Gasteiger partial charge in [-0.3, -0.25) is 0 Å². The number of aryl methyl sites for hydroxylation is 1. The fraction of sp³-hybridized carbons (Fsp3) is 0.400. The molecule has 0 amide bonds. The summed E-state index contributed by atoms with van der Waals surface area (Å²) in [5.74, 6) is 0.505. The predicted octanol–water partition coefficient (Wildman–Crippen LogP) is 3.81. The highest BCUT2D eigenvalue weighted by atomic mass is 32.1. The molecule has 0 aliphatic heterocycles. The van der Waals surface area contributed by atoms with Crippen molar-refractivity contribution < 1.29 is 4.74 Å². The van der Waals surface area contributed by atoms with Crippen LogP contribution in [0.15, 0.2) is 29.6 Å². The van der Waals surface area contributed by atoms with Gasteiger partial charge in [0.05, 0.1) is 17.3 Å². The van der Waals surface area contributed by atoms with Crippen LogP contribution in [-0.2, 0) is 4.74 Å². The van der Waals surface area contributed by atoms with Crippen LogP contribution >= 0.6 is 11.3 Å². The minimum absolute atomic E-state index is 0.505. The van der Waals surface area contributed by atoms with Crippen molar-refractivity contribution in [2.24, 2.45) is 5.92 Å². The van der Waals surface area contributed by atoms with Crippen LogP contribution in [-0.4, -0.2) is 25.2 Å². The number of ether oxygens (including phenoxy) is 1. The molecule has 2 rings (SSSR count). The van der Waals surface area contributed by atoms with Gasteiger partial charge in [-0.2, -0.15) is 0 Å². The Bertz CT molecular complexity index is 507. The van der Waals surface area contributed by atoms with E-state index in [0.717, 1.165) is 29.5 Å². The van der Waals surface area contributed by atoms with E-state index in [2.05, 4.69) is 46.9 Å². The number of rotatable bonds is 6. The van der Waals surface area contributed by atoms with Crippen molar-refractivity contribution in [1.82, 2.24) is 4.98 Å². The highest BCUT2D eigenvalue weighted by molar-refractivity contribution is 7.09. The van der Waals surface area contributed by atoms with Gasteiger partial charge in [-0.05, 0) is 25.0 Å². The van der Waals surface area contributed by atoms with E-state index in [4.69, 9.17) is 4.74 Å². The lowest BCUT2D eigenvalue weighted by atomic mass is 10.1. The minimum Gasteiger partial charge on any atom is -0.385 e. The Hall–Kier alpha value is -1.39. The Morgan fingerprint density at radius 1 is 1.32 bits per heavy atom. The topological polar surface area (TPSA) is 34.1 Å². The van der Waals surface area contributed by atoms with Crippen LogP contribution in [0.2, 0.25) is 0 Å². The largest absolute Gasteiger partial charge is 0.385 e. The summed E-state index contributed by atoms with van der Waals surface area (Å²) in [6.07, 6.45) is 0. The van der Waals surface area contributed by atoms with Crippen molar-refractivity contribution in [2.75, 3.05) is 25.6 Å². The Balaban J connectivity index is 1.95. The average Bonchev–Trinajstić information content (AvgIpc) is 2.84. The Kier molecular flexibility index (Phi) is 4.93. The van der Waals surface area contributed by atoms with Crippen LogP contribution in [0.25, 0.3) is 11.3 Å². The first-order valence-electron chi connectivity index (χ1n) is 6.44. The second kappa shape index (κ2) is 6.68. The lowest BCUT2D eigenvalue weighted by Crippen LogP contribution is -2.15. The zero-order chi connectivity index (χ0) is 13.7. The molecule has 0 aliphatic carbocycles. The highest BCUT2D eigenvalue weighted by Crippen LogP contribution is 2.23. The van der Waals surface area contributed by atoms with E-state index in [1.165, 1.54) is 5.56 Å². The van der Waals surface area contributed by atoms with Crippen molar-refractivity contribution in [1.29, 1.82) is 0 Å². The minimum atomic E-state index is 0.505. The van der Waals surface area contributed by atoms with E-state index in [9.17, 15) is 0 Å². The maximum atomic E-state index is 5.12. The average molecular weight is 276 g/mol. The van der Waals surface area contributed by atoms with E-state index in [0.29, 0.717) is 5.92 Å². The first kappa shape index (κ1) is 14.0. The molecule has 3 nitrogen and oxygen atoms in total. The van der Waals surface area contributed by atoms with Crippen LogP contribution in [0.1, 0.15) is 11.9 Å². The molecule has 102 valence electrons. The Labute approximate surface area is 118 Å². The molecule has 4 heteroatoms. The normalized spacial score (nSPS) is 12.4. The number of hydrogen-bond donors (Lipinski definition) is 1. The van der Waals surface area contributed by atoms with E-state index in [1.807, 2.05) is 6.92 Å². The standard InChI is InChI=1S/C15H20N2OS/c1-11(9-18-3)8-16-14-6-4-13(5-7-14)15-10-19-12(2)17-15/h4-7,10-11,16H,8-9H2,1-3H3. The second-order valence-electron chi connectivity index (χ2n) is 4.77. The van der Waals surface area contributed by atoms with E-state index in [1.54, 1.807) is 18.4 Å². The molecule has 19 heavy (non-hydrogen) atoms. The molecular weight excluding hydrogens is 256 g/mol. The smallest absolute Gasteiger partial charge is 0.0901 e. The predicted molar refractivity (Wildman–Crippen MR) is 81.8 cm³/mol. The van der Waals surface area contributed by atoms with Gasteiger partial charge in [0.25, 0.3) is 0 Å². The third-order valence-corrected chi connectivity index (χ3v) is 3.68. The summed E-state index contributed by atoms with van der Waals surface area (Å²) in [5.41, 5.74) is 3.36. The molecule has 1 heterocycles. The molecular formula is C15H20N2OS. The van der Waals surface area contributed by atoms with Crippen LogP contribution in [0.3, 0.4) is 0 Å². The van der Waals surface area contributed by atoms with Crippen LogP contribution in [0, 0.1) is 12.8 Å². The molecule has 1 N–H and O–H groups in total. The molecule has 1 aromatic carbocycles. The summed E-state index contributed by atoms with van der Waals surface area (Å²) in [6, 6.07) is 8.42. The number of methoxy groups -OCH3 is 1. The van der Waals surface area contributed by atoms with E-state index >= 15 is 0 Å². The number of hydrogen-bond acceptors (Lipinski definition) is 4. The van der Waals surface area contributed by atoms with Gasteiger partial charge in [0, 0.05) is 30.3 Å². The third kappa shape index (κ3) is 4.04. The lowest BCUT2D eigenvalue weighted by molar-refractivity contribution is 0.164. The van der Waals surface area contributed by atoms with Crippen LogP contribution < -0.4 is 5.32 Å². The molecule has 0 bridgehead atoms. The van der Waals surface area contributed by atoms with E-state index < -0.39 is 0 Å². The van der Waals surface area contributed by atoms with Gasteiger partial charge in [0.2, 0.25) is 0 Å². The molecule has 0 spiro atoms. The molecule has 1 unspecified atom stereocenters. The maximum absolute atomic E-state index is 5.12. The number of anilines is 1. The van der Waals surface area contributed by atoms with Gasteiger partial charge in [-0.15, -0.1) is 11.3 Å². The number of benzene rings is 1.